The minimum atomic E-state index is -0.865. The van der Waals surface area contributed by atoms with Gasteiger partial charge in [-0.15, -0.1) is 0 Å². The van der Waals surface area contributed by atoms with E-state index < -0.39 is 29.1 Å². The zero-order valence-corrected chi connectivity index (χ0v) is 13.4. The average Bonchev–Trinajstić information content (AvgIpc) is 2.51. The molecule has 0 radical (unpaired) electrons. The summed E-state index contributed by atoms with van der Waals surface area (Å²) in [5.74, 6) is -3.23. The normalized spacial score (nSPS) is 25.6. The second-order valence-corrected chi connectivity index (χ2v) is 6.95. The summed E-state index contributed by atoms with van der Waals surface area (Å²) in [5, 5.41) is 12.1. The van der Waals surface area contributed by atoms with Crippen molar-refractivity contribution in [2.75, 3.05) is 0 Å². The summed E-state index contributed by atoms with van der Waals surface area (Å²) in [4.78, 5) is 23.8. The van der Waals surface area contributed by atoms with Crippen LogP contribution in [0.2, 0.25) is 0 Å². The third-order valence-corrected chi connectivity index (χ3v) is 5.41. The molecule has 1 aromatic carbocycles. The molecule has 1 aromatic rings. The smallest absolute Gasteiger partial charge is 0.306 e. The van der Waals surface area contributed by atoms with Crippen molar-refractivity contribution in [3.05, 3.63) is 35.4 Å². The van der Waals surface area contributed by atoms with E-state index in [4.69, 9.17) is 5.11 Å². The van der Waals surface area contributed by atoms with Gasteiger partial charge in [-0.2, -0.15) is 0 Å². The number of carboxylic acids is 1. The van der Waals surface area contributed by atoms with E-state index in [1.165, 1.54) is 12.1 Å². The second kappa shape index (κ2) is 6.49. The van der Waals surface area contributed by atoms with Gasteiger partial charge in [0.15, 0.2) is 0 Å². The number of carbonyl (C=O) groups excluding carboxylic acids is 1. The van der Waals surface area contributed by atoms with Crippen molar-refractivity contribution in [2.45, 2.75) is 50.5 Å². The second-order valence-electron chi connectivity index (χ2n) is 6.95. The molecule has 6 heteroatoms. The standard InChI is InChI=1S/C18H21F2NO3/c19-13-5-6-14(15(20)10-13)18(7-2-8-18)21-16(22)11-3-1-4-12(9-11)17(23)24/h5-6,10-12H,1-4,7-9H2,(H,21,22)(H,23,24). The number of nitrogens with one attached hydrogen (secondary N) is 1. The topological polar surface area (TPSA) is 66.4 Å². The van der Waals surface area contributed by atoms with Crippen LogP contribution < -0.4 is 5.32 Å². The van der Waals surface area contributed by atoms with Crippen LogP contribution >= 0.6 is 0 Å². The predicted molar refractivity (Wildman–Crippen MR) is 83.1 cm³/mol. The molecule has 4 nitrogen and oxygen atoms in total. The van der Waals surface area contributed by atoms with E-state index in [2.05, 4.69) is 5.32 Å². The van der Waals surface area contributed by atoms with Gasteiger partial charge in [0.25, 0.3) is 0 Å². The van der Waals surface area contributed by atoms with Crippen molar-refractivity contribution in [3.8, 4) is 0 Å². The van der Waals surface area contributed by atoms with Gasteiger partial charge in [0, 0.05) is 17.5 Å². The Hall–Kier alpha value is -1.98. The van der Waals surface area contributed by atoms with Crippen molar-refractivity contribution < 1.29 is 23.5 Å². The molecule has 1 amide bonds. The molecule has 24 heavy (non-hydrogen) atoms. The Balaban J connectivity index is 1.75. The molecule has 2 aliphatic carbocycles. The van der Waals surface area contributed by atoms with E-state index in [9.17, 15) is 18.4 Å². The minimum absolute atomic E-state index is 0.218. The van der Waals surface area contributed by atoms with Gasteiger partial charge >= 0.3 is 5.97 Å². The molecule has 0 aliphatic heterocycles. The monoisotopic (exact) mass is 337 g/mol. The third kappa shape index (κ3) is 3.14. The van der Waals surface area contributed by atoms with Gasteiger partial charge in [0.2, 0.25) is 5.91 Å². The fraction of sp³-hybridized carbons (Fsp3) is 0.556. The van der Waals surface area contributed by atoms with Crippen LogP contribution in [-0.2, 0) is 15.1 Å². The molecular weight excluding hydrogens is 316 g/mol. The summed E-state index contributed by atoms with van der Waals surface area (Å²) in [6, 6.07) is 3.43. The fourth-order valence-corrected chi connectivity index (χ4v) is 3.86. The molecule has 0 aromatic heterocycles. The van der Waals surface area contributed by atoms with Crippen LogP contribution in [0.25, 0.3) is 0 Å². The van der Waals surface area contributed by atoms with Crippen LogP contribution in [0.15, 0.2) is 18.2 Å². The van der Waals surface area contributed by atoms with Gasteiger partial charge in [0.1, 0.15) is 11.6 Å². The van der Waals surface area contributed by atoms with Crippen molar-refractivity contribution in [1.82, 2.24) is 5.32 Å². The molecule has 2 N–H and O–H groups in total. The highest BCUT2D eigenvalue weighted by Crippen LogP contribution is 2.43. The summed E-state index contributed by atoms with van der Waals surface area (Å²) < 4.78 is 27.3. The zero-order valence-electron chi connectivity index (χ0n) is 13.4. The Bertz CT molecular complexity index is 658. The van der Waals surface area contributed by atoms with E-state index in [0.717, 1.165) is 12.5 Å². The molecular formula is C18H21F2NO3. The number of halogens is 2. The summed E-state index contributed by atoms with van der Waals surface area (Å²) in [6.45, 7) is 0. The summed E-state index contributed by atoms with van der Waals surface area (Å²) >= 11 is 0. The van der Waals surface area contributed by atoms with E-state index >= 15 is 0 Å². The number of carboxylic acid groups (broad SMARTS) is 1. The molecule has 0 heterocycles. The number of amides is 1. The highest BCUT2D eigenvalue weighted by molar-refractivity contribution is 5.81. The number of aliphatic carboxylic acids is 1. The molecule has 2 unspecified atom stereocenters. The number of hydrogen-bond donors (Lipinski definition) is 2. The fourth-order valence-electron chi connectivity index (χ4n) is 3.86. The maximum Gasteiger partial charge on any atom is 0.306 e. The quantitative estimate of drug-likeness (QED) is 0.885. The van der Waals surface area contributed by atoms with Gasteiger partial charge in [-0.25, -0.2) is 8.78 Å². The highest BCUT2D eigenvalue weighted by Gasteiger charge is 2.43. The molecule has 130 valence electrons. The Morgan fingerprint density at radius 1 is 1.12 bits per heavy atom. The van der Waals surface area contributed by atoms with Crippen molar-refractivity contribution >= 4 is 11.9 Å². The molecule has 0 saturated heterocycles. The minimum Gasteiger partial charge on any atom is -0.481 e. The summed E-state index contributed by atoms with van der Waals surface area (Å²) in [6.07, 6.45) is 4.34. The average molecular weight is 337 g/mol. The Kier molecular flexibility index (Phi) is 4.56. The maximum atomic E-state index is 14.2. The van der Waals surface area contributed by atoms with Crippen molar-refractivity contribution in [2.24, 2.45) is 11.8 Å². The summed E-state index contributed by atoms with van der Waals surface area (Å²) in [5.41, 5.74) is -0.473. The van der Waals surface area contributed by atoms with Crippen LogP contribution in [0.4, 0.5) is 8.78 Å². The Labute approximate surface area is 139 Å². The molecule has 2 atom stereocenters. The van der Waals surface area contributed by atoms with Gasteiger partial charge in [0.05, 0.1) is 11.5 Å². The first-order chi connectivity index (χ1) is 11.4. The van der Waals surface area contributed by atoms with Gasteiger partial charge in [-0.3, -0.25) is 9.59 Å². The van der Waals surface area contributed by atoms with Gasteiger partial charge < -0.3 is 10.4 Å². The third-order valence-electron chi connectivity index (χ3n) is 5.41. The molecule has 0 bridgehead atoms. The molecule has 2 saturated carbocycles. The Morgan fingerprint density at radius 3 is 2.42 bits per heavy atom. The lowest BCUT2D eigenvalue weighted by Crippen LogP contribution is -2.53. The van der Waals surface area contributed by atoms with Crippen molar-refractivity contribution in [3.63, 3.8) is 0 Å². The zero-order chi connectivity index (χ0) is 17.3. The Morgan fingerprint density at radius 2 is 1.83 bits per heavy atom. The lowest BCUT2D eigenvalue weighted by molar-refractivity contribution is -0.144. The van der Waals surface area contributed by atoms with Gasteiger partial charge in [-0.05, 0) is 44.6 Å². The summed E-state index contributed by atoms with van der Waals surface area (Å²) in [7, 11) is 0. The van der Waals surface area contributed by atoms with Crippen LogP contribution in [0.5, 0.6) is 0 Å². The van der Waals surface area contributed by atoms with E-state index in [-0.39, 0.29) is 11.8 Å². The van der Waals surface area contributed by atoms with Crippen LogP contribution in [0.1, 0.15) is 50.5 Å². The molecule has 3 rings (SSSR count). The highest BCUT2D eigenvalue weighted by atomic mass is 19.1. The first kappa shape index (κ1) is 16.9. The molecule has 0 spiro atoms. The first-order valence-electron chi connectivity index (χ1n) is 8.42. The first-order valence-corrected chi connectivity index (χ1v) is 8.42. The molecule has 2 fully saturated rings. The SMILES string of the molecule is O=C(O)C1CCCC(C(=O)NC2(c3ccc(F)cc3F)CCC2)C1. The lowest BCUT2D eigenvalue weighted by atomic mass is 9.70. The van der Waals surface area contributed by atoms with Crippen molar-refractivity contribution in [1.29, 1.82) is 0 Å². The van der Waals surface area contributed by atoms with Crippen LogP contribution in [0.3, 0.4) is 0 Å². The van der Waals surface area contributed by atoms with E-state index in [1.807, 2.05) is 0 Å². The number of carbonyl (C=O) groups is 2. The van der Waals surface area contributed by atoms with E-state index in [0.29, 0.717) is 44.1 Å². The number of rotatable bonds is 4. The lowest BCUT2D eigenvalue weighted by Gasteiger charge is -2.44. The number of hydrogen-bond acceptors (Lipinski definition) is 2. The van der Waals surface area contributed by atoms with Crippen LogP contribution in [-0.4, -0.2) is 17.0 Å². The van der Waals surface area contributed by atoms with Gasteiger partial charge in [-0.1, -0.05) is 12.5 Å². The van der Waals surface area contributed by atoms with E-state index in [1.54, 1.807) is 0 Å². The largest absolute Gasteiger partial charge is 0.481 e. The molecule has 2 aliphatic rings. The predicted octanol–water partition coefficient (Wildman–Crippen LogP) is 3.35. The maximum absolute atomic E-state index is 14.2. The van der Waals surface area contributed by atoms with Crippen LogP contribution in [0, 0.1) is 23.5 Å². The number of benzene rings is 1.